The molecule has 0 fully saturated rings. The number of alkyl halides is 1. The van der Waals surface area contributed by atoms with Crippen LogP contribution in [0.2, 0.25) is 0 Å². The molecule has 0 aliphatic carbocycles. The first-order chi connectivity index (χ1) is 8.66. The molecule has 0 unspecified atom stereocenters. The maximum absolute atomic E-state index is 12.7. The van der Waals surface area contributed by atoms with E-state index in [0.29, 0.717) is 5.69 Å². The van der Waals surface area contributed by atoms with E-state index in [9.17, 15) is 9.18 Å². The molecule has 0 spiro atoms. The quantitative estimate of drug-likeness (QED) is 0.856. The Bertz CT molecular complexity index is 527. The molecule has 0 heterocycles. The van der Waals surface area contributed by atoms with Gasteiger partial charge in [0.2, 0.25) is 5.91 Å². The van der Waals surface area contributed by atoms with Crippen molar-refractivity contribution in [2.45, 2.75) is 4.83 Å². The number of nitrogens with one attached hydrogen (secondary N) is 1. The number of hydrogen-bond donors (Lipinski definition) is 1. The predicted octanol–water partition coefficient (Wildman–Crippen LogP) is 3.90. The van der Waals surface area contributed by atoms with Crippen LogP contribution in [0.3, 0.4) is 0 Å². The molecule has 18 heavy (non-hydrogen) atoms. The molecule has 0 aromatic heterocycles. The van der Waals surface area contributed by atoms with Crippen molar-refractivity contribution >= 4 is 27.5 Å². The monoisotopic (exact) mass is 307 g/mol. The van der Waals surface area contributed by atoms with Gasteiger partial charge < -0.3 is 5.32 Å². The molecular formula is C14H11BrFNO. The van der Waals surface area contributed by atoms with E-state index in [-0.39, 0.29) is 11.7 Å². The van der Waals surface area contributed by atoms with Crippen LogP contribution in [-0.2, 0) is 4.79 Å². The first kappa shape index (κ1) is 12.8. The first-order valence-electron chi connectivity index (χ1n) is 5.42. The van der Waals surface area contributed by atoms with Gasteiger partial charge in [0.05, 0.1) is 0 Å². The molecule has 1 amide bonds. The summed E-state index contributed by atoms with van der Waals surface area (Å²) in [5, 5.41) is 2.71. The van der Waals surface area contributed by atoms with Crippen LogP contribution in [-0.4, -0.2) is 5.91 Å². The molecule has 2 nitrogen and oxygen atoms in total. The van der Waals surface area contributed by atoms with E-state index >= 15 is 0 Å². The molecule has 0 aliphatic heterocycles. The van der Waals surface area contributed by atoms with E-state index in [2.05, 4.69) is 21.2 Å². The van der Waals surface area contributed by atoms with Crippen LogP contribution in [0, 0.1) is 5.82 Å². The Morgan fingerprint density at radius 3 is 2.28 bits per heavy atom. The van der Waals surface area contributed by atoms with E-state index in [4.69, 9.17) is 0 Å². The SMILES string of the molecule is O=C(Nc1ccc(F)cc1)[C@@H](Br)c1ccccc1. The second-order valence-corrected chi connectivity index (χ2v) is 4.69. The predicted molar refractivity (Wildman–Crippen MR) is 73.1 cm³/mol. The molecule has 0 aliphatic rings. The molecule has 4 heteroatoms. The molecule has 2 aromatic rings. The summed E-state index contributed by atoms with van der Waals surface area (Å²) in [5.74, 6) is -0.515. The highest BCUT2D eigenvalue weighted by atomic mass is 79.9. The number of amides is 1. The topological polar surface area (TPSA) is 29.1 Å². The van der Waals surface area contributed by atoms with E-state index in [1.807, 2.05) is 30.3 Å². The number of benzene rings is 2. The van der Waals surface area contributed by atoms with E-state index in [0.717, 1.165) is 5.56 Å². The number of rotatable bonds is 3. The third-order valence-electron chi connectivity index (χ3n) is 2.43. The molecule has 0 saturated carbocycles. The van der Waals surface area contributed by atoms with Gasteiger partial charge in [0.1, 0.15) is 10.6 Å². The fraction of sp³-hybridized carbons (Fsp3) is 0.0714. The zero-order chi connectivity index (χ0) is 13.0. The van der Waals surface area contributed by atoms with Gasteiger partial charge in [0.15, 0.2) is 0 Å². The van der Waals surface area contributed by atoms with Crippen LogP contribution >= 0.6 is 15.9 Å². The van der Waals surface area contributed by atoms with Crippen molar-refractivity contribution in [1.82, 2.24) is 0 Å². The summed E-state index contributed by atoms with van der Waals surface area (Å²) >= 11 is 3.34. The summed E-state index contributed by atoms with van der Waals surface area (Å²) in [6, 6.07) is 15.0. The van der Waals surface area contributed by atoms with Crippen molar-refractivity contribution < 1.29 is 9.18 Å². The molecule has 0 bridgehead atoms. The minimum Gasteiger partial charge on any atom is -0.325 e. The van der Waals surface area contributed by atoms with Crippen LogP contribution in [0.1, 0.15) is 10.4 Å². The fourth-order valence-corrected chi connectivity index (χ4v) is 1.93. The van der Waals surface area contributed by atoms with Crippen LogP contribution in [0.5, 0.6) is 0 Å². The van der Waals surface area contributed by atoms with Crippen molar-refractivity contribution in [2.75, 3.05) is 5.32 Å². The van der Waals surface area contributed by atoms with Gasteiger partial charge in [0, 0.05) is 5.69 Å². The van der Waals surface area contributed by atoms with Crippen LogP contribution in [0.4, 0.5) is 10.1 Å². The fourth-order valence-electron chi connectivity index (χ4n) is 1.51. The smallest absolute Gasteiger partial charge is 0.242 e. The first-order valence-corrected chi connectivity index (χ1v) is 6.34. The van der Waals surface area contributed by atoms with Crippen LogP contribution in [0.15, 0.2) is 54.6 Å². The Hall–Kier alpha value is -1.68. The van der Waals surface area contributed by atoms with Crippen molar-refractivity contribution in [1.29, 1.82) is 0 Å². The van der Waals surface area contributed by atoms with Crippen molar-refractivity contribution in [3.63, 3.8) is 0 Å². The largest absolute Gasteiger partial charge is 0.325 e. The lowest BCUT2D eigenvalue weighted by molar-refractivity contribution is -0.115. The standard InChI is InChI=1S/C14H11BrFNO/c15-13(10-4-2-1-3-5-10)14(18)17-12-8-6-11(16)7-9-12/h1-9,13H,(H,17,18)/t13-/m0/s1. The van der Waals surface area contributed by atoms with Gasteiger partial charge in [-0.25, -0.2) is 4.39 Å². The van der Waals surface area contributed by atoms with Crippen LogP contribution < -0.4 is 5.32 Å². The number of hydrogen-bond acceptors (Lipinski definition) is 1. The highest BCUT2D eigenvalue weighted by molar-refractivity contribution is 9.09. The lowest BCUT2D eigenvalue weighted by Gasteiger charge is -2.11. The van der Waals surface area contributed by atoms with Crippen molar-refractivity contribution in [3.8, 4) is 0 Å². The summed E-state index contributed by atoms with van der Waals surface area (Å²) in [4.78, 5) is 11.5. The Morgan fingerprint density at radius 2 is 1.67 bits per heavy atom. The maximum Gasteiger partial charge on any atom is 0.242 e. The highest BCUT2D eigenvalue weighted by Gasteiger charge is 2.16. The Balaban J connectivity index is 2.06. The number of halogens is 2. The van der Waals surface area contributed by atoms with E-state index in [1.54, 1.807) is 0 Å². The maximum atomic E-state index is 12.7. The molecular weight excluding hydrogens is 297 g/mol. The summed E-state index contributed by atoms with van der Waals surface area (Å²) in [7, 11) is 0. The third kappa shape index (κ3) is 3.17. The molecule has 1 atom stereocenters. The summed E-state index contributed by atoms with van der Waals surface area (Å²) in [5.41, 5.74) is 1.44. The van der Waals surface area contributed by atoms with Crippen molar-refractivity contribution in [3.05, 3.63) is 66.0 Å². The van der Waals surface area contributed by atoms with E-state index in [1.165, 1.54) is 24.3 Å². The normalized spacial score (nSPS) is 11.9. The third-order valence-corrected chi connectivity index (χ3v) is 3.38. The lowest BCUT2D eigenvalue weighted by Crippen LogP contribution is -2.16. The Labute approximate surface area is 113 Å². The zero-order valence-corrected chi connectivity index (χ0v) is 11.0. The lowest BCUT2D eigenvalue weighted by atomic mass is 10.1. The summed E-state index contributed by atoms with van der Waals surface area (Å²) in [6.07, 6.45) is 0. The van der Waals surface area contributed by atoms with Crippen LogP contribution in [0.25, 0.3) is 0 Å². The minimum atomic E-state index is -0.427. The number of anilines is 1. The van der Waals surface area contributed by atoms with Gasteiger partial charge in [-0.2, -0.15) is 0 Å². The van der Waals surface area contributed by atoms with E-state index < -0.39 is 4.83 Å². The molecule has 1 N–H and O–H groups in total. The second-order valence-electron chi connectivity index (χ2n) is 3.77. The average molecular weight is 308 g/mol. The highest BCUT2D eigenvalue weighted by Crippen LogP contribution is 2.24. The summed E-state index contributed by atoms with van der Waals surface area (Å²) < 4.78 is 12.7. The number of carbonyl (C=O) groups is 1. The molecule has 92 valence electrons. The second kappa shape index (κ2) is 5.78. The van der Waals surface area contributed by atoms with Gasteiger partial charge in [-0.15, -0.1) is 0 Å². The van der Waals surface area contributed by atoms with Gasteiger partial charge >= 0.3 is 0 Å². The molecule has 2 rings (SSSR count). The number of carbonyl (C=O) groups excluding carboxylic acids is 1. The van der Waals surface area contributed by atoms with Gasteiger partial charge in [-0.3, -0.25) is 4.79 Å². The average Bonchev–Trinajstić information content (AvgIpc) is 2.41. The molecule has 0 saturated heterocycles. The van der Waals surface area contributed by atoms with Gasteiger partial charge in [-0.1, -0.05) is 46.3 Å². The molecule has 0 radical (unpaired) electrons. The van der Waals surface area contributed by atoms with Gasteiger partial charge in [-0.05, 0) is 29.8 Å². The molecule has 2 aromatic carbocycles. The zero-order valence-electron chi connectivity index (χ0n) is 9.44. The summed E-state index contributed by atoms with van der Waals surface area (Å²) in [6.45, 7) is 0. The minimum absolute atomic E-state index is 0.187. The van der Waals surface area contributed by atoms with Gasteiger partial charge in [0.25, 0.3) is 0 Å². The van der Waals surface area contributed by atoms with Crippen molar-refractivity contribution in [2.24, 2.45) is 0 Å². The Morgan fingerprint density at radius 1 is 1.06 bits per heavy atom. The Kier molecular flexibility index (Phi) is 4.10.